The molecule has 1 saturated heterocycles. The van der Waals surface area contributed by atoms with Gasteiger partial charge in [0, 0.05) is 25.0 Å². The molecule has 0 aromatic heterocycles. The number of nitrogens with zero attached hydrogens (tertiary/aromatic N) is 2. The maximum Gasteiger partial charge on any atom is 0.226 e. The second kappa shape index (κ2) is 6.71. The Labute approximate surface area is 117 Å². The molecule has 1 saturated carbocycles. The Morgan fingerprint density at radius 2 is 2.05 bits per heavy atom. The molecule has 1 aliphatic carbocycles. The first-order valence-electron chi connectivity index (χ1n) is 7.86. The Morgan fingerprint density at radius 1 is 1.26 bits per heavy atom. The molecule has 110 valence electrons. The van der Waals surface area contributed by atoms with Crippen LogP contribution in [0.2, 0.25) is 0 Å². The van der Waals surface area contributed by atoms with Gasteiger partial charge in [-0.15, -0.1) is 0 Å². The topological polar surface area (TPSA) is 49.6 Å². The second-order valence-corrected chi connectivity index (χ2v) is 6.24. The molecular formula is C15H29N3O. The van der Waals surface area contributed by atoms with Gasteiger partial charge >= 0.3 is 0 Å². The molecule has 19 heavy (non-hydrogen) atoms. The predicted molar refractivity (Wildman–Crippen MR) is 77.8 cm³/mol. The van der Waals surface area contributed by atoms with Gasteiger partial charge < -0.3 is 15.5 Å². The Hall–Kier alpha value is -0.610. The summed E-state index contributed by atoms with van der Waals surface area (Å²) in [7, 11) is 2.16. The fourth-order valence-electron chi connectivity index (χ4n) is 3.74. The quantitative estimate of drug-likeness (QED) is 0.838. The van der Waals surface area contributed by atoms with Crippen LogP contribution in [0.3, 0.4) is 0 Å². The summed E-state index contributed by atoms with van der Waals surface area (Å²) < 4.78 is 0. The number of hydrogen-bond acceptors (Lipinski definition) is 3. The van der Waals surface area contributed by atoms with E-state index in [1.54, 1.807) is 0 Å². The molecule has 2 rings (SSSR count). The van der Waals surface area contributed by atoms with Crippen molar-refractivity contribution in [2.75, 3.05) is 33.2 Å². The zero-order chi connectivity index (χ0) is 13.8. The minimum Gasteiger partial charge on any atom is -0.338 e. The number of carbonyl (C=O) groups is 1. The van der Waals surface area contributed by atoms with E-state index < -0.39 is 0 Å². The van der Waals surface area contributed by atoms with E-state index in [0.29, 0.717) is 24.4 Å². The van der Waals surface area contributed by atoms with Crippen LogP contribution in [0, 0.1) is 11.8 Å². The monoisotopic (exact) mass is 267 g/mol. The lowest BCUT2D eigenvalue weighted by molar-refractivity contribution is -0.139. The fourth-order valence-corrected chi connectivity index (χ4v) is 3.74. The minimum absolute atomic E-state index is 0.197. The number of rotatable bonds is 3. The average molecular weight is 267 g/mol. The third-order valence-corrected chi connectivity index (χ3v) is 4.94. The van der Waals surface area contributed by atoms with Gasteiger partial charge in [-0.1, -0.05) is 13.3 Å². The molecule has 0 aromatic rings. The lowest BCUT2D eigenvalue weighted by Crippen LogP contribution is -2.47. The molecule has 3 unspecified atom stereocenters. The standard InChI is InChI=1S/C15H29N3O/c1-3-13-11-17(2)8-5-9-18(13)15(19)14-7-4-6-12(14)10-16/h12-14H,3-11,16H2,1-2H3. The lowest BCUT2D eigenvalue weighted by Gasteiger charge is -2.33. The van der Waals surface area contributed by atoms with E-state index in [2.05, 4.69) is 23.8 Å². The van der Waals surface area contributed by atoms with Gasteiger partial charge in [0.2, 0.25) is 5.91 Å². The molecule has 2 fully saturated rings. The Morgan fingerprint density at radius 3 is 2.74 bits per heavy atom. The van der Waals surface area contributed by atoms with Gasteiger partial charge in [-0.05, 0) is 51.7 Å². The van der Waals surface area contributed by atoms with Crippen molar-refractivity contribution >= 4 is 5.91 Å². The summed E-state index contributed by atoms with van der Waals surface area (Å²) >= 11 is 0. The summed E-state index contributed by atoms with van der Waals surface area (Å²) in [4.78, 5) is 17.4. The summed E-state index contributed by atoms with van der Waals surface area (Å²) in [5.41, 5.74) is 5.83. The van der Waals surface area contributed by atoms with Gasteiger partial charge in [-0.25, -0.2) is 0 Å². The highest BCUT2D eigenvalue weighted by molar-refractivity contribution is 5.80. The smallest absolute Gasteiger partial charge is 0.226 e. The second-order valence-electron chi connectivity index (χ2n) is 6.24. The van der Waals surface area contributed by atoms with Crippen molar-refractivity contribution in [3.63, 3.8) is 0 Å². The summed E-state index contributed by atoms with van der Waals surface area (Å²) in [6.45, 7) is 5.91. The van der Waals surface area contributed by atoms with Gasteiger partial charge in [0.1, 0.15) is 0 Å². The van der Waals surface area contributed by atoms with Crippen LogP contribution in [-0.4, -0.2) is 55.0 Å². The lowest BCUT2D eigenvalue weighted by atomic mass is 9.94. The third-order valence-electron chi connectivity index (χ3n) is 4.94. The van der Waals surface area contributed by atoms with E-state index >= 15 is 0 Å². The molecule has 2 aliphatic rings. The van der Waals surface area contributed by atoms with E-state index in [9.17, 15) is 4.79 Å². The van der Waals surface area contributed by atoms with Gasteiger partial charge in [-0.3, -0.25) is 4.79 Å². The van der Waals surface area contributed by atoms with Crippen LogP contribution >= 0.6 is 0 Å². The van der Waals surface area contributed by atoms with Crippen LogP contribution in [0.4, 0.5) is 0 Å². The van der Waals surface area contributed by atoms with E-state index in [-0.39, 0.29) is 5.92 Å². The Bertz CT molecular complexity index is 308. The van der Waals surface area contributed by atoms with Crippen molar-refractivity contribution in [3.05, 3.63) is 0 Å². The summed E-state index contributed by atoms with van der Waals surface area (Å²) in [5.74, 6) is 1.00. The van der Waals surface area contributed by atoms with Crippen molar-refractivity contribution in [2.45, 2.75) is 45.1 Å². The van der Waals surface area contributed by atoms with Crippen LogP contribution in [0.1, 0.15) is 39.0 Å². The zero-order valence-electron chi connectivity index (χ0n) is 12.5. The van der Waals surface area contributed by atoms with Crippen LogP contribution in [-0.2, 0) is 4.79 Å². The molecule has 0 aromatic carbocycles. The predicted octanol–water partition coefficient (Wildman–Crippen LogP) is 1.30. The Balaban J connectivity index is 2.07. The molecule has 1 amide bonds. The van der Waals surface area contributed by atoms with Crippen LogP contribution in [0.15, 0.2) is 0 Å². The van der Waals surface area contributed by atoms with Gasteiger partial charge in [-0.2, -0.15) is 0 Å². The number of carbonyl (C=O) groups excluding carboxylic acids is 1. The van der Waals surface area contributed by atoms with E-state index in [1.807, 2.05) is 0 Å². The maximum absolute atomic E-state index is 12.9. The van der Waals surface area contributed by atoms with Gasteiger partial charge in [0.25, 0.3) is 0 Å². The minimum atomic E-state index is 0.197. The molecule has 2 N–H and O–H groups in total. The van der Waals surface area contributed by atoms with Crippen LogP contribution < -0.4 is 5.73 Å². The summed E-state index contributed by atoms with van der Waals surface area (Å²) in [6.07, 6.45) is 5.50. The number of hydrogen-bond donors (Lipinski definition) is 1. The molecule has 0 bridgehead atoms. The van der Waals surface area contributed by atoms with Crippen LogP contribution in [0.5, 0.6) is 0 Å². The van der Waals surface area contributed by atoms with Gasteiger partial charge in [0.15, 0.2) is 0 Å². The fraction of sp³-hybridized carbons (Fsp3) is 0.933. The highest BCUT2D eigenvalue weighted by Crippen LogP contribution is 2.33. The van der Waals surface area contributed by atoms with Crippen molar-refractivity contribution in [3.8, 4) is 0 Å². The van der Waals surface area contributed by atoms with Crippen molar-refractivity contribution in [1.29, 1.82) is 0 Å². The number of nitrogens with two attached hydrogens (primary N) is 1. The molecule has 0 radical (unpaired) electrons. The molecule has 4 nitrogen and oxygen atoms in total. The normalized spacial score (nSPS) is 33.4. The third kappa shape index (κ3) is 3.29. The highest BCUT2D eigenvalue weighted by atomic mass is 16.2. The first-order valence-corrected chi connectivity index (χ1v) is 7.86. The molecule has 4 heteroatoms. The first-order chi connectivity index (χ1) is 9.17. The molecule has 1 heterocycles. The maximum atomic E-state index is 12.9. The largest absolute Gasteiger partial charge is 0.338 e. The van der Waals surface area contributed by atoms with Crippen LogP contribution in [0.25, 0.3) is 0 Å². The molecule has 0 spiro atoms. The zero-order valence-corrected chi connectivity index (χ0v) is 12.5. The first kappa shape index (κ1) is 14.8. The Kier molecular flexibility index (Phi) is 5.22. The number of likely N-dealkylation sites (N-methyl/N-ethyl adjacent to an activating group) is 1. The SMILES string of the molecule is CCC1CN(C)CCCN1C(=O)C1CCCC1CN. The van der Waals surface area contributed by atoms with Crippen molar-refractivity contribution in [1.82, 2.24) is 9.80 Å². The van der Waals surface area contributed by atoms with E-state index in [0.717, 1.165) is 45.3 Å². The number of amides is 1. The highest BCUT2D eigenvalue weighted by Gasteiger charge is 2.37. The van der Waals surface area contributed by atoms with Crippen molar-refractivity contribution < 1.29 is 4.79 Å². The molecule has 3 atom stereocenters. The summed E-state index contributed by atoms with van der Waals surface area (Å²) in [5, 5.41) is 0. The van der Waals surface area contributed by atoms with E-state index in [4.69, 9.17) is 5.73 Å². The average Bonchev–Trinajstić information content (AvgIpc) is 2.81. The van der Waals surface area contributed by atoms with E-state index in [1.165, 1.54) is 6.42 Å². The summed E-state index contributed by atoms with van der Waals surface area (Å²) in [6, 6.07) is 0.388. The molecular weight excluding hydrogens is 238 g/mol. The van der Waals surface area contributed by atoms with Crippen molar-refractivity contribution in [2.24, 2.45) is 17.6 Å². The van der Waals surface area contributed by atoms with Gasteiger partial charge in [0.05, 0.1) is 0 Å². The molecule has 1 aliphatic heterocycles.